The fourth-order valence-electron chi connectivity index (χ4n) is 1.58. The minimum atomic E-state index is 0.122. The monoisotopic (exact) mass is 226 g/mol. The molecule has 1 aliphatic rings. The third-order valence-corrected chi connectivity index (χ3v) is 2.67. The number of Topliss-reactive ketones (excluding diaryl/α,β-unsaturated/α-hetero) is 1. The Labute approximate surface area is 97.4 Å². The molecule has 1 N–H and O–H groups in total. The smallest absolute Gasteiger partial charge is 0.234 e. The van der Waals surface area contributed by atoms with Gasteiger partial charge >= 0.3 is 0 Å². The SMILES string of the molecule is CC(=O)CCCCN(C)CC(=O)NC1CC1. The van der Waals surface area contributed by atoms with Crippen molar-refractivity contribution < 1.29 is 9.59 Å². The summed E-state index contributed by atoms with van der Waals surface area (Å²) < 4.78 is 0. The van der Waals surface area contributed by atoms with Crippen molar-refractivity contribution in [2.24, 2.45) is 0 Å². The van der Waals surface area contributed by atoms with Crippen molar-refractivity contribution in [3.63, 3.8) is 0 Å². The average molecular weight is 226 g/mol. The summed E-state index contributed by atoms with van der Waals surface area (Å²) in [6.45, 7) is 2.97. The summed E-state index contributed by atoms with van der Waals surface area (Å²) in [5.74, 6) is 0.366. The molecule has 0 aromatic rings. The number of unbranched alkanes of at least 4 members (excludes halogenated alkanes) is 1. The van der Waals surface area contributed by atoms with Crippen LogP contribution in [0.1, 0.15) is 39.0 Å². The lowest BCUT2D eigenvalue weighted by atomic mass is 10.2. The summed E-state index contributed by atoms with van der Waals surface area (Å²) in [6.07, 6.45) is 4.82. The van der Waals surface area contributed by atoms with E-state index in [4.69, 9.17) is 0 Å². The fourth-order valence-corrected chi connectivity index (χ4v) is 1.58. The maximum Gasteiger partial charge on any atom is 0.234 e. The van der Waals surface area contributed by atoms with Crippen LogP contribution in [0.25, 0.3) is 0 Å². The summed E-state index contributed by atoms with van der Waals surface area (Å²) in [7, 11) is 1.94. The molecule has 0 heterocycles. The first-order valence-electron chi connectivity index (χ1n) is 6.05. The number of nitrogens with one attached hydrogen (secondary N) is 1. The van der Waals surface area contributed by atoms with Crippen molar-refractivity contribution in [1.29, 1.82) is 0 Å². The predicted octanol–water partition coefficient (Wildman–Crippen LogP) is 0.956. The van der Waals surface area contributed by atoms with Gasteiger partial charge in [0.25, 0.3) is 0 Å². The van der Waals surface area contributed by atoms with E-state index in [1.54, 1.807) is 6.92 Å². The number of hydrogen-bond donors (Lipinski definition) is 1. The van der Waals surface area contributed by atoms with Crippen molar-refractivity contribution in [1.82, 2.24) is 10.2 Å². The zero-order chi connectivity index (χ0) is 12.0. The van der Waals surface area contributed by atoms with Crippen molar-refractivity contribution in [2.45, 2.75) is 45.1 Å². The van der Waals surface area contributed by atoms with Gasteiger partial charge in [0.2, 0.25) is 5.91 Å². The summed E-state index contributed by atoms with van der Waals surface area (Å²) in [5, 5.41) is 2.96. The quantitative estimate of drug-likeness (QED) is 0.627. The third-order valence-electron chi connectivity index (χ3n) is 2.67. The summed E-state index contributed by atoms with van der Waals surface area (Å²) >= 11 is 0. The van der Waals surface area contributed by atoms with Gasteiger partial charge in [-0.3, -0.25) is 9.69 Å². The number of carbonyl (C=O) groups excluding carboxylic acids is 2. The van der Waals surface area contributed by atoms with Crippen molar-refractivity contribution >= 4 is 11.7 Å². The second-order valence-electron chi connectivity index (χ2n) is 4.74. The van der Waals surface area contributed by atoms with E-state index in [1.807, 2.05) is 11.9 Å². The predicted molar refractivity (Wildman–Crippen MR) is 63.2 cm³/mol. The molecular weight excluding hydrogens is 204 g/mol. The van der Waals surface area contributed by atoms with E-state index >= 15 is 0 Å². The molecule has 1 amide bonds. The average Bonchev–Trinajstić information content (AvgIpc) is 2.95. The molecule has 0 bridgehead atoms. The van der Waals surface area contributed by atoms with Crippen LogP contribution in [0.15, 0.2) is 0 Å². The first kappa shape index (κ1) is 13.2. The molecular formula is C12H22N2O2. The third kappa shape index (κ3) is 6.56. The molecule has 1 fully saturated rings. The Balaban J connectivity index is 1.98. The molecule has 0 aromatic heterocycles. The zero-order valence-electron chi connectivity index (χ0n) is 10.3. The molecule has 0 aromatic carbocycles. The molecule has 16 heavy (non-hydrogen) atoms. The van der Waals surface area contributed by atoms with Crippen LogP contribution in [0.4, 0.5) is 0 Å². The van der Waals surface area contributed by atoms with Crippen LogP contribution in [0.5, 0.6) is 0 Å². The highest BCUT2D eigenvalue weighted by molar-refractivity contribution is 5.78. The van der Waals surface area contributed by atoms with E-state index in [1.165, 1.54) is 0 Å². The van der Waals surface area contributed by atoms with Gasteiger partial charge < -0.3 is 10.1 Å². The van der Waals surface area contributed by atoms with Crippen molar-refractivity contribution in [3.8, 4) is 0 Å². The molecule has 0 atom stereocenters. The molecule has 0 radical (unpaired) electrons. The molecule has 0 unspecified atom stereocenters. The van der Waals surface area contributed by atoms with Crippen LogP contribution >= 0.6 is 0 Å². The maximum absolute atomic E-state index is 11.4. The molecule has 1 aliphatic carbocycles. The summed E-state index contributed by atoms with van der Waals surface area (Å²) in [6, 6.07) is 0.443. The first-order valence-corrected chi connectivity index (χ1v) is 6.05. The minimum Gasteiger partial charge on any atom is -0.352 e. The van der Waals surface area contributed by atoms with Crippen LogP contribution in [-0.4, -0.2) is 42.8 Å². The highest BCUT2D eigenvalue weighted by Crippen LogP contribution is 2.18. The topological polar surface area (TPSA) is 49.4 Å². The highest BCUT2D eigenvalue weighted by Gasteiger charge is 2.23. The Bertz CT molecular complexity index is 249. The lowest BCUT2D eigenvalue weighted by Crippen LogP contribution is -2.36. The number of hydrogen-bond acceptors (Lipinski definition) is 3. The van der Waals surface area contributed by atoms with Crippen molar-refractivity contribution in [3.05, 3.63) is 0 Å². The molecule has 0 saturated heterocycles. The number of likely N-dealkylation sites (N-methyl/N-ethyl adjacent to an activating group) is 1. The molecule has 4 nitrogen and oxygen atoms in total. The summed E-state index contributed by atoms with van der Waals surface area (Å²) in [5.41, 5.74) is 0. The Morgan fingerprint density at radius 1 is 1.31 bits per heavy atom. The van der Waals surface area contributed by atoms with Gasteiger partial charge in [0.1, 0.15) is 5.78 Å². The minimum absolute atomic E-state index is 0.122. The summed E-state index contributed by atoms with van der Waals surface area (Å²) in [4.78, 5) is 24.2. The molecule has 0 aliphatic heterocycles. The molecule has 92 valence electrons. The van der Waals surface area contributed by atoms with Gasteiger partial charge in [-0.05, 0) is 46.2 Å². The van der Waals surface area contributed by atoms with Crippen LogP contribution in [0.2, 0.25) is 0 Å². The normalized spacial score (nSPS) is 15.2. The van der Waals surface area contributed by atoms with Crippen LogP contribution in [-0.2, 0) is 9.59 Å². The first-order chi connectivity index (χ1) is 7.58. The zero-order valence-corrected chi connectivity index (χ0v) is 10.3. The van der Waals surface area contributed by atoms with E-state index in [9.17, 15) is 9.59 Å². The van der Waals surface area contributed by atoms with E-state index in [-0.39, 0.29) is 11.7 Å². The number of ketones is 1. The number of rotatable bonds is 8. The van der Waals surface area contributed by atoms with Gasteiger partial charge in [-0.2, -0.15) is 0 Å². The van der Waals surface area contributed by atoms with Gasteiger partial charge in [0, 0.05) is 12.5 Å². The second kappa shape index (κ2) is 6.63. The van der Waals surface area contributed by atoms with Gasteiger partial charge in [0.05, 0.1) is 6.54 Å². The number of carbonyl (C=O) groups is 2. The van der Waals surface area contributed by atoms with Crippen LogP contribution in [0, 0.1) is 0 Å². The maximum atomic E-state index is 11.4. The van der Waals surface area contributed by atoms with E-state index in [0.29, 0.717) is 19.0 Å². The van der Waals surface area contributed by atoms with E-state index in [2.05, 4.69) is 5.32 Å². The standard InChI is InChI=1S/C12H22N2O2/c1-10(15)5-3-4-8-14(2)9-12(16)13-11-6-7-11/h11H,3-9H2,1-2H3,(H,13,16). The van der Waals surface area contributed by atoms with E-state index in [0.717, 1.165) is 32.2 Å². The number of amides is 1. The second-order valence-corrected chi connectivity index (χ2v) is 4.74. The van der Waals surface area contributed by atoms with Gasteiger partial charge in [-0.15, -0.1) is 0 Å². The molecule has 1 saturated carbocycles. The van der Waals surface area contributed by atoms with Crippen LogP contribution in [0.3, 0.4) is 0 Å². The fraction of sp³-hybridized carbons (Fsp3) is 0.833. The Kier molecular flexibility index (Phi) is 5.46. The molecule has 4 heteroatoms. The molecule has 0 spiro atoms. The lowest BCUT2D eigenvalue weighted by Gasteiger charge is -2.15. The van der Waals surface area contributed by atoms with Gasteiger partial charge in [-0.25, -0.2) is 0 Å². The Morgan fingerprint density at radius 2 is 2.00 bits per heavy atom. The highest BCUT2D eigenvalue weighted by atomic mass is 16.2. The Morgan fingerprint density at radius 3 is 2.56 bits per heavy atom. The Hall–Kier alpha value is -0.900. The van der Waals surface area contributed by atoms with E-state index < -0.39 is 0 Å². The van der Waals surface area contributed by atoms with Crippen molar-refractivity contribution in [2.75, 3.05) is 20.1 Å². The van der Waals surface area contributed by atoms with Crippen LogP contribution < -0.4 is 5.32 Å². The number of nitrogens with zero attached hydrogens (tertiary/aromatic N) is 1. The van der Waals surface area contributed by atoms with Gasteiger partial charge in [-0.1, -0.05) is 0 Å². The lowest BCUT2D eigenvalue weighted by molar-refractivity contribution is -0.122. The van der Waals surface area contributed by atoms with Gasteiger partial charge in [0.15, 0.2) is 0 Å². The molecule has 1 rings (SSSR count). The largest absolute Gasteiger partial charge is 0.352 e.